The van der Waals surface area contributed by atoms with E-state index in [1.165, 1.54) is 24.3 Å². The molecule has 110 valence electrons. The number of hydrogen-bond acceptors (Lipinski definition) is 3. The van der Waals surface area contributed by atoms with Crippen molar-refractivity contribution in [3.05, 3.63) is 64.7 Å². The lowest BCUT2D eigenvalue weighted by molar-refractivity contribution is 0.0951. The van der Waals surface area contributed by atoms with Gasteiger partial charge in [0, 0.05) is 23.4 Å². The third-order valence-electron chi connectivity index (χ3n) is 2.94. The number of carbonyl (C=O) groups is 1. The standard InChI is InChI=1S/C15H14ClNO3S/c1-21(19,20)13-8-6-11(7-9-13)15(18)17-10-12-4-2-3-5-14(12)16/h2-9H,10H2,1H3,(H,17,18). The molecule has 0 aliphatic heterocycles. The van der Waals surface area contributed by atoms with Gasteiger partial charge in [-0.05, 0) is 35.9 Å². The summed E-state index contributed by atoms with van der Waals surface area (Å²) < 4.78 is 22.7. The normalized spacial score (nSPS) is 11.1. The van der Waals surface area contributed by atoms with E-state index in [1.807, 2.05) is 18.2 Å². The van der Waals surface area contributed by atoms with E-state index < -0.39 is 9.84 Å². The van der Waals surface area contributed by atoms with Gasteiger partial charge >= 0.3 is 0 Å². The zero-order valence-corrected chi connectivity index (χ0v) is 12.9. The Balaban J connectivity index is 2.06. The van der Waals surface area contributed by atoms with Gasteiger partial charge < -0.3 is 5.32 Å². The fourth-order valence-electron chi connectivity index (χ4n) is 1.77. The molecule has 2 aromatic carbocycles. The summed E-state index contributed by atoms with van der Waals surface area (Å²) in [5.74, 6) is -0.282. The first-order chi connectivity index (χ1) is 9.88. The van der Waals surface area contributed by atoms with Crippen molar-refractivity contribution >= 4 is 27.3 Å². The lowest BCUT2D eigenvalue weighted by Gasteiger charge is -2.07. The molecular formula is C15H14ClNO3S. The maximum atomic E-state index is 12.0. The van der Waals surface area contributed by atoms with Gasteiger partial charge in [0.25, 0.3) is 5.91 Å². The molecule has 2 aromatic rings. The van der Waals surface area contributed by atoms with Gasteiger partial charge in [-0.2, -0.15) is 0 Å². The first-order valence-electron chi connectivity index (χ1n) is 6.19. The lowest BCUT2D eigenvalue weighted by atomic mass is 10.2. The fraction of sp³-hybridized carbons (Fsp3) is 0.133. The van der Waals surface area contributed by atoms with Crippen molar-refractivity contribution in [1.29, 1.82) is 0 Å². The molecule has 0 heterocycles. The highest BCUT2D eigenvalue weighted by Gasteiger charge is 2.10. The molecule has 0 aliphatic rings. The second-order valence-corrected chi connectivity index (χ2v) is 6.99. The quantitative estimate of drug-likeness (QED) is 0.941. The molecule has 6 heteroatoms. The molecule has 0 bridgehead atoms. The average Bonchev–Trinajstić information content (AvgIpc) is 2.45. The predicted molar refractivity (Wildman–Crippen MR) is 82.2 cm³/mol. The third kappa shape index (κ3) is 4.06. The van der Waals surface area contributed by atoms with Crippen molar-refractivity contribution in [3.63, 3.8) is 0 Å². The van der Waals surface area contributed by atoms with Crippen LogP contribution < -0.4 is 5.32 Å². The number of nitrogens with one attached hydrogen (secondary N) is 1. The van der Waals surface area contributed by atoms with Crippen molar-refractivity contribution in [2.24, 2.45) is 0 Å². The minimum absolute atomic E-state index is 0.185. The second-order valence-electron chi connectivity index (χ2n) is 4.57. The Hall–Kier alpha value is -1.85. The summed E-state index contributed by atoms with van der Waals surface area (Å²) in [5, 5.41) is 3.33. The van der Waals surface area contributed by atoms with Crippen molar-refractivity contribution in [2.75, 3.05) is 6.26 Å². The van der Waals surface area contributed by atoms with Crippen LogP contribution in [0.15, 0.2) is 53.4 Å². The second kappa shape index (κ2) is 6.28. The van der Waals surface area contributed by atoms with Crippen LogP contribution in [0.4, 0.5) is 0 Å². The SMILES string of the molecule is CS(=O)(=O)c1ccc(C(=O)NCc2ccccc2Cl)cc1. The van der Waals surface area contributed by atoms with Gasteiger partial charge in [0.05, 0.1) is 4.90 Å². The minimum atomic E-state index is -3.26. The molecule has 0 saturated heterocycles. The first kappa shape index (κ1) is 15.5. The van der Waals surface area contributed by atoms with Gasteiger partial charge in [-0.1, -0.05) is 29.8 Å². The molecule has 2 rings (SSSR count). The largest absolute Gasteiger partial charge is 0.348 e. The van der Waals surface area contributed by atoms with Crippen LogP contribution in [0.1, 0.15) is 15.9 Å². The zero-order valence-electron chi connectivity index (χ0n) is 11.3. The Morgan fingerprint density at radius 3 is 2.29 bits per heavy atom. The zero-order chi connectivity index (χ0) is 15.5. The molecule has 1 N–H and O–H groups in total. The highest BCUT2D eigenvalue weighted by molar-refractivity contribution is 7.90. The van der Waals surface area contributed by atoms with Crippen LogP contribution in [0, 0.1) is 0 Å². The van der Waals surface area contributed by atoms with Crippen molar-refractivity contribution in [2.45, 2.75) is 11.4 Å². The number of benzene rings is 2. The predicted octanol–water partition coefficient (Wildman–Crippen LogP) is 2.67. The molecule has 0 unspecified atom stereocenters. The molecule has 0 radical (unpaired) electrons. The number of amides is 1. The van der Waals surface area contributed by atoms with E-state index in [4.69, 9.17) is 11.6 Å². The van der Waals surface area contributed by atoms with Gasteiger partial charge in [0.15, 0.2) is 9.84 Å². The molecule has 4 nitrogen and oxygen atoms in total. The maximum Gasteiger partial charge on any atom is 0.251 e. The van der Waals surface area contributed by atoms with Crippen LogP contribution in [0.3, 0.4) is 0 Å². The molecule has 0 atom stereocenters. The number of sulfone groups is 1. The van der Waals surface area contributed by atoms with E-state index in [9.17, 15) is 13.2 Å². The molecule has 0 aromatic heterocycles. The Bertz CT molecular complexity index is 755. The summed E-state index contributed by atoms with van der Waals surface area (Å²) in [6.07, 6.45) is 1.12. The molecular weight excluding hydrogens is 310 g/mol. The number of rotatable bonds is 4. The minimum Gasteiger partial charge on any atom is -0.348 e. The summed E-state index contributed by atoms with van der Waals surface area (Å²) in [7, 11) is -3.26. The Morgan fingerprint density at radius 1 is 1.10 bits per heavy atom. The smallest absolute Gasteiger partial charge is 0.251 e. The molecule has 21 heavy (non-hydrogen) atoms. The van der Waals surface area contributed by atoms with Gasteiger partial charge in [-0.3, -0.25) is 4.79 Å². The van der Waals surface area contributed by atoms with Crippen LogP contribution in [0.5, 0.6) is 0 Å². The number of hydrogen-bond donors (Lipinski definition) is 1. The maximum absolute atomic E-state index is 12.0. The molecule has 1 amide bonds. The summed E-state index contributed by atoms with van der Waals surface area (Å²) in [5.41, 5.74) is 1.22. The summed E-state index contributed by atoms with van der Waals surface area (Å²) in [4.78, 5) is 12.2. The van der Waals surface area contributed by atoms with E-state index in [1.54, 1.807) is 6.07 Å². The average molecular weight is 324 g/mol. The van der Waals surface area contributed by atoms with Gasteiger partial charge in [-0.15, -0.1) is 0 Å². The highest BCUT2D eigenvalue weighted by Crippen LogP contribution is 2.15. The van der Waals surface area contributed by atoms with Crippen molar-refractivity contribution < 1.29 is 13.2 Å². The monoisotopic (exact) mass is 323 g/mol. The molecule has 0 spiro atoms. The van der Waals surface area contributed by atoms with E-state index in [-0.39, 0.29) is 10.8 Å². The highest BCUT2D eigenvalue weighted by atomic mass is 35.5. The Labute approximate surface area is 128 Å². The fourth-order valence-corrected chi connectivity index (χ4v) is 2.61. The molecule has 0 fully saturated rings. The van der Waals surface area contributed by atoms with E-state index in [0.717, 1.165) is 11.8 Å². The lowest BCUT2D eigenvalue weighted by Crippen LogP contribution is -2.22. The van der Waals surface area contributed by atoms with Crippen molar-refractivity contribution in [3.8, 4) is 0 Å². The van der Waals surface area contributed by atoms with Crippen LogP contribution in [-0.2, 0) is 16.4 Å². The van der Waals surface area contributed by atoms with E-state index >= 15 is 0 Å². The van der Waals surface area contributed by atoms with Gasteiger partial charge in [0.2, 0.25) is 0 Å². The number of halogens is 1. The van der Waals surface area contributed by atoms with Crippen molar-refractivity contribution in [1.82, 2.24) is 5.32 Å². The van der Waals surface area contributed by atoms with Gasteiger partial charge in [-0.25, -0.2) is 8.42 Å². The summed E-state index contributed by atoms with van der Waals surface area (Å²) in [6, 6.07) is 13.0. The Morgan fingerprint density at radius 2 is 1.71 bits per heavy atom. The van der Waals surface area contributed by atoms with Crippen LogP contribution >= 0.6 is 11.6 Å². The first-order valence-corrected chi connectivity index (χ1v) is 8.46. The third-order valence-corrected chi connectivity index (χ3v) is 4.44. The molecule has 0 aliphatic carbocycles. The number of carbonyl (C=O) groups excluding carboxylic acids is 1. The Kier molecular flexibility index (Phi) is 4.65. The topological polar surface area (TPSA) is 63.2 Å². The van der Waals surface area contributed by atoms with Crippen LogP contribution in [0.25, 0.3) is 0 Å². The van der Waals surface area contributed by atoms with Gasteiger partial charge in [0.1, 0.15) is 0 Å². The van der Waals surface area contributed by atoms with Crippen LogP contribution in [-0.4, -0.2) is 20.6 Å². The van der Waals surface area contributed by atoms with E-state index in [0.29, 0.717) is 17.1 Å². The van der Waals surface area contributed by atoms with Crippen LogP contribution in [0.2, 0.25) is 5.02 Å². The summed E-state index contributed by atoms with van der Waals surface area (Å²) >= 11 is 6.01. The summed E-state index contributed by atoms with van der Waals surface area (Å²) in [6.45, 7) is 0.312. The molecule has 0 saturated carbocycles. The van der Waals surface area contributed by atoms with E-state index in [2.05, 4.69) is 5.32 Å².